The summed E-state index contributed by atoms with van der Waals surface area (Å²) in [5.74, 6) is 1.47. The quantitative estimate of drug-likeness (QED) is 0.204. The minimum absolute atomic E-state index is 0.0523. The molecular formula is C34H36F3N3O3. The van der Waals surface area contributed by atoms with Gasteiger partial charge in [0.25, 0.3) is 5.91 Å². The molecule has 1 fully saturated rings. The van der Waals surface area contributed by atoms with Crippen LogP contribution in [0.25, 0.3) is 22.0 Å². The highest BCUT2D eigenvalue weighted by molar-refractivity contribution is 6.00. The minimum Gasteiger partial charge on any atom is -0.497 e. The van der Waals surface area contributed by atoms with Gasteiger partial charge in [-0.05, 0) is 56.7 Å². The summed E-state index contributed by atoms with van der Waals surface area (Å²) >= 11 is 0. The summed E-state index contributed by atoms with van der Waals surface area (Å²) in [6, 6.07) is 18.3. The van der Waals surface area contributed by atoms with Gasteiger partial charge in [0.1, 0.15) is 11.5 Å². The SMILES string of the molecule is COc1ccc(CN(C(=O)c2cnc3c(-c4ccc(C(F)(F)F)cc4)cccc3c2)C(C)C2CN(C(C)C)C2)c(OC)c1. The number of para-hydroxylation sites is 1. The van der Waals surface area contributed by atoms with Crippen LogP contribution in [0.5, 0.6) is 11.5 Å². The van der Waals surface area contributed by atoms with Gasteiger partial charge in [0.15, 0.2) is 0 Å². The third-order valence-corrected chi connectivity index (χ3v) is 8.42. The number of aromatic nitrogens is 1. The second kappa shape index (κ2) is 12.2. The van der Waals surface area contributed by atoms with Gasteiger partial charge in [0, 0.05) is 66.4 Å². The average Bonchev–Trinajstić information content (AvgIpc) is 2.97. The summed E-state index contributed by atoms with van der Waals surface area (Å²) in [4.78, 5) is 23.1. The molecule has 0 N–H and O–H groups in total. The van der Waals surface area contributed by atoms with Crippen LogP contribution in [0.3, 0.4) is 0 Å². The number of rotatable bonds is 9. The summed E-state index contributed by atoms with van der Waals surface area (Å²) in [6.07, 6.45) is -2.85. The van der Waals surface area contributed by atoms with Gasteiger partial charge in [-0.15, -0.1) is 0 Å². The number of methoxy groups -OCH3 is 2. The number of fused-ring (bicyclic) bond motifs is 1. The van der Waals surface area contributed by atoms with Gasteiger partial charge in [-0.1, -0.05) is 30.3 Å². The molecule has 2 heterocycles. The Bertz CT molecular complexity index is 1600. The molecule has 0 bridgehead atoms. The summed E-state index contributed by atoms with van der Waals surface area (Å²) in [5, 5.41) is 0.729. The largest absolute Gasteiger partial charge is 0.497 e. The van der Waals surface area contributed by atoms with Gasteiger partial charge in [-0.2, -0.15) is 13.2 Å². The number of alkyl halides is 3. The average molecular weight is 592 g/mol. The molecule has 9 heteroatoms. The number of ether oxygens (including phenoxy) is 2. The molecule has 0 aliphatic carbocycles. The second-order valence-electron chi connectivity index (χ2n) is 11.3. The minimum atomic E-state index is -4.41. The van der Waals surface area contributed by atoms with Gasteiger partial charge in [-0.25, -0.2) is 0 Å². The van der Waals surface area contributed by atoms with Crippen LogP contribution in [-0.2, 0) is 12.7 Å². The number of carbonyl (C=O) groups is 1. The molecule has 4 aromatic rings. The van der Waals surface area contributed by atoms with Crippen molar-refractivity contribution in [3.05, 3.63) is 89.6 Å². The first-order chi connectivity index (χ1) is 20.5. The maximum atomic E-state index is 14.2. The molecule has 1 saturated heterocycles. The fourth-order valence-electron chi connectivity index (χ4n) is 5.61. The van der Waals surface area contributed by atoms with Gasteiger partial charge in [-0.3, -0.25) is 9.78 Å². The fraction of sp³-hybridized carbons (Fsp3) is 0.353. The predicted molar refractivity (Wildman–Crippen MR) is 161 cm³/mol. The number of halogens is 3. The zero-order chi connectivity index (χ0) is 30.9. The van der Waals surface area contributed by atoms with Crippen LogP contribution in [0, 0.1) is 5.92 Å². The Morgan fingerprint density at radius 3 is 2.35 bits per heavy atom. The maximum Gasteiger partial charge on any atom is 0.416 e. The molecule has 5 rings (SSSR count). The second-order valence-corrected chi connectivity index (χ2v) is 11.3. The van der Waals surface area contributed by atoms with Gasteiger partial charge in [0.05, 0.1) is 30.9 Å². The first-order valence-corrected chi connectivity index (χ1v) is 14.3. The summed E-state index contributed by atoms with van der Waals surface area (Å²) < 4.78 is 50.3. The molecule has 1 aliphatic heterocycles. The standard InChI is InChI=1S/C34H36F3N3O3/c1-21(2)39-18-27(19-39)22(3)40(20-25-11-14-29(42-4)16-31(25)43-5)33(41)26-15-24-7-6-8-30(32(24)38-17-26)23-9-12-28(13-10-23)34(35,36)37/h6-17,21-22,27H,18-20H2,1-5H3. The number of benzene rings is 3. The van der Waals surface area contributed by atoms with Crippen molar-refractivity contribution in [3.8, 4) is 22.6 Å². The molecule has 1 atom stereocenters. The normalized spacial score (nSPS) is 14.9. The molecule has 43 heavy (non-hydrogen) atoms. The van der Waals surface area contributed by atoms with Crippen LogP contribution < -0.4 is 9.47 Å². The lowest BCUT2D eigenvalue weighted by Gasteiger charge is -2.47. The van der Waals surface area contributed by atoms with Gasteiger partial charge in [0.2, 0.25) is 0 Å². The summed E-state index contributed by atoms with van der Waals surface area (Å²) in [6.45, 7) is 8.60. The Kier molecular flexibility index (Phi) is 8.64. The molecule has 3 aromatic carbocycles. The third kappa shape index (κ3) is 6.32. The van der Waals surface area contributed by atoms with Crippen LogP contribution >= 0.6 is 0 Å². The van der Waals surface area contributed by atoms with E-state index in [1.165, 1.54) is 12.1 Å². The molecule has 0 radical (unpaired) electrons. The van der Waals surface area contributed by atoms with Gasteiger partial charge < -0.3 is 19.3 Å². The fourth-order valence-corrected chi connectivity index (χ4v) is 5.61. The van der Waals surface area contributed by atoms with E-state index in [1.807, 2.05) is 47.4 Å². The highest BCUT2D eigenvalue weighted by Crippen LogP contribution is 2.34. The number of carbonyl (C=O) groups excluding carboxylic acids is 1. The Hall–Kier alpha value is -4.11. The number of hydrogen-bond donors (Lipinski definition) is 0. The zero-order valence-corrected chi connectivity index (χ0v) is 25.0. The summed E-state index contributed by atoms with van der Waals surface area (Å²) in [7, 11) is 3.20. The molecule has 1 aliphatic rings. The number of hydrogen-bond acceptors (Lipinski definition) is 5. The molecule has 0 saturated carbocycles. The molecule has 1 unspecified atom stereocenters. The topological polar surface area (TPSA) is 54.9 Å². The van der Waals surface area contributed by atoms with Crippen molar-refractivity contribution in [2.24, 2.45) is 5.92 Å². The molecular weight excluding hydrogens is 555 g/mol. The van der Waals surface area contributed by atoms with E-state index in [0.717, 1.165) is 36.2 Å². The van der Waals surface area contributed by atoms with E-state index in [2.05, 4.69) is 30.7 Å². The zero-order valence-electron chi connectivity index (χ0n) is 25.0. The van der Waals surface area contributed by atoms with Crippen molar-refractivity contribution >= 4 is 16.8 Å². The number of pyridine rings is 1. The highest BCUT2D eigenvalue weighted by atomic mass is 19.4. The van der Waals surface area contributed by atoms with E-state index >= 15 is 0 Å². The van der Waals surface area contributed by atoms with Crippen molar-refractivity contribution in [2.45, 2.75) is 45.6 Å². The van der Waals surface area contributed by atoms with E-state index in [-0.39, 0.29) is 11.9 Å². The van der Waals surface area contributed by atoms with Crippen molar-refractivity contribution in [3.63, 3.8) is 0 Å². The lowest BCUT2D eigenvalue weighted by molar-refractivity contribution is -0.137. The molecule has 1 aromatic heterocycles. The lowest BCUT2D eigenvalue weighted by Crippen LogP contribution is -2.58. The first-order valence-electron chi connectivity index (χ1n) is 14.3. The van der Waals surface area contributed by atoms with E-state index in [9.17, 15) is 18.0 Å². The van der Waals surface area contributed by atoms with Crippen LogP contribution in [0.4, 0.5) is 13.2 Å². The molecule has 6 nitrogen and oxygen atoms in total. The third-order valence-electron chi connectivity index (χ3n) is 8.42. The van der Waals surface area contributed by atoms with Crippen LogP contribution in [-0.4, -0.2) is 60.1 Å². The van der Waals surface area contributed by atoms with E-state index in [4.69, 9.17) is 9.47 Å². The Morgan fingerprint density at radius 2 is 1.72 bits per heavy atom. The Labute approximate surface area is 250 Å². The van der Waals surface area contributed by atoms with E-state index in [0.29, 0.717) is 52.2 Å². The monoisotopic (exact) mass is 591 g/mol. The highest BCUT2D eigenvalue weighted by Gasteiger charge is 2.37. The van der Waals surface area contributed by atoms with Crippen molar-refractivity contribution in [1.82, 2.24) is 14.8 Å². The van der Waals surface area contributed by atoms with Crippen molar-refractivity contribution < 1.29 is 27.4 Å². The lowest BCUT2D eigenvalue weighted by atomic mass is 9.89. The molecule has 1 amide bonds. The Balaban J connectivity index is 1.48. The number of nitrogens with zero attached hydrogens (tertiary/aromatic N) is 3. The van der Waals surface area contributed by atoms with Crippen LogP contribution in [0.1, 0.15) is 42.3 Å². The first kappa shape index (κ1) is 30.4. The predicted octanol–water partition coefficient (Wildman–Crippen LogP) is 7.31. The smallest absolute Gasteiger partial charge is 0.416 e. The molecule has 0 spiro atoms. The number of likely N-dealkylation sites (tertiary alicyclic amines) is 1. The van der Waals surface area contributed by atoms with Crippen molar-refractivity contribution in [2.75, 3.05) is 27.3 Å². The van der Waals surface area contributed by atoms with E-state index in [1.54, 1.807) is 20.4 Å². The van der Waals surface area contributed by atoms with E-state index < -0.39 is 11.7 Å². The van der Waals surface area contributed by atoms with Crippen LogP contribution in [0.15, 0.2) is 72.9 Å². The van der Waals surface area contributed by atoms with Crippen molar-refractivity contribution in [1.29, 1.82) is 0 Å². The Morgan fingerprint density at radius 1 is 1.00 bits per heavy atom. The number of amides is 1. The van der Waals surface area contributed by atoms with Gasteiger partial charge >= 0.3 is 6.18 Å². The maximum absolute atomic E-state index is 14.2. The van der Waals surface area contributed by atoms with Crippen LogP contribution in [0.2, 0.25) is 0 Å². The molecule has 226 valence electrons. The summed E-state index contributed by atoms with van der Waals surface area (Å²) in [5.41, 5.74) is 2.52.